The Kier molecular flexibility index (Phi) is 7.83. The van der Waals surface area contributed by atoms with Gasteiger partial charge < -0.3 is 20.4 Å². The zero-order valence-electron chi connectivity index (χ0n) is 19.7. The summed E-state index contributed by atoms with van der Waals surface area (Å²) in [6.45, 7) is 2.33. The number of phenols is 1. The van der Waals surface area contributed by atoms with Crippen LogP contribution in [0.1, 0.15) is 30.1 Å². The van der Waals surface area contributed by atoms with Crippen LogP contribution >= 0.6 is 11.5 Å². The number of nitrogens with zero attached hydrogens (tertiary/aromatic N) is 2. The van der Waals surface area contributed by atoms with E-state index in [1.54, 1.807) is 6.07 Å². The summed E-state index contributed by atoms with van der Waals surface area (Å²) >= 11 is 0.869. The minimum Gasteiger partial charge on any atom is -0.506 e. The molecule has 1 aliphatic rings. The number of aromatic nitrogens is 2. The van der Waals surface area contributed by atoms with Crippen molar-refractivity contribution in [2.45, 2.75) is 31.5 Å². The SMILES string of the molecule is CS(=O)(=O)Nc1cc(C(O)CNC2CCN(c3ccc(Cn4sc(=O)[nH]c4=O)cc3)CC2)ccc1O. The third kappa shape index (κ3) is 6.75. The molecule has 36 heavy (non-hydrogen) atoms. The highest BCUT2D eigenvalue weighted by Gasteiger charge is 2.21. The molecule has 0 amide bonds. The average Bonchev–Trinajstić information content (AvgIpc) is 3.15. The minimum atomic E-state index is -3.56. The van der Waals surface area contributed by atoms with Crippen LogP contribution in [-0.4, -0.2) is 59.5 Å². The molecule has 3 aromatic rings. The van der Waals surface area contributed by atoms with E-state index in [4.69, 9.17) is 0 Å². The predicted molar refractivity (Wildman–Crippen MR) is 140 cm³/mol. The van der Waals surface area contributed by atoms with Crippen molar-refractivity contribution in [2.24, 2.45) is 0 Å². The molecule has 0 spiro atoms. The maximum atomic E-state index is 11.7. The summed E-state index contributed by atoms with van der Waals surface area (Å²) in [4.78, 5) is 27.2. The van der Waals surface area contributed by atoms with E-state index in [1.807, 2.05) is 24.3 Å². The van der Waals surface area contributed by atoms with Crippen LogP contribution in [0.5, 0.6) is 5.75 Å². The normalized spacial score (nSPS) is 15.7. The Morgan fingerprint density at radius 2 is 1.83 bits per heavy atom. The van der Waals surface area contributed by atoms with Crippen LogP contribution in [0.2, 0.25) is 0 Å². The topological polar surface area (TPSA) is 157 Å². The molecule has 2 aromatic carbocycles. The van der Waals surface area contributed by atoms with Gasteiger partial charge in [0.15, 0.2) is 0 Å². The Morgan fingerprint density at radius 1 is 1.14 bits per heavy atom. The Hall–Kier alpha value is -3.13. The van der Waals surface area contributed by atoms with E-state index in [2.05, 4.69) is 19.9 Å². The molecule has 13 heteroatoms. The van der Waals surface area contributed by atoms with E-state index in [0.717, 1.165) is 55.0 Å². The first-order valence-electron chi connectivity index (χ1n) is 11.4. The first-order valence-corrected chi connectivity index (χ1v) is 14.1. The van der Waals surface area contributed by atoms with Gasteiger partial charge in [-0.05, 0) is 48.2 Å². The molecule has 0 saturated carbocycles. The van der Waals surface area contributed by atoms with E-state index in [1.165, 1.54) is 16.1 Å². The number of piperidine rings is 1. The second kappa shape index (κ2) is 10.9. The average molecular weight is 536 g/mol. The second-order valence-corrected chi connectivity index (χ2v) is 11.6. The number of aliphatic hydroxyl groups excluding tert-OH is 1. The van der Waals surface area contributed by atoms with Crippen molar-refractivity contribution in [2.75, 3.05) is 35.5 Å². The zero-order chi connectivity index (χ0) is 25.9. The molecule has 1 atom stereocenters. The molecule has 1 unspecified atom stereocenters. The lowest BCUT2D eigenvalue weighted by molar-refractivity contribution is 0.167. The number of anilines is 2. The number of nitrogens with one attached hydrogen (secondary N) is 3. The fraction of sp³-hybridized carbons (Fsp3) is 0.391. The maximum absolute atomic E-state index is 11.7. The minimum absolute atomic E-state index is 0.0318. The second-order valence-electron chi connectivity index (χ2n) is 8.85. The van der Waals surface area contributed by atoms with Gasteiger partial charge in [0.05, 0.1) is 24.6 Å². The van der Waals surface area contributed by atoms with Crippen LogP contribution in [0.3, 0.4) is 0 Å². The number of aromatic amines is 1. The lowest BCUT2D eigenvalue weighted by Crippen LogP contribution is -2.43. The van der Waals surface area contributed by atoms with Crippen molar-refractivity contribution in [1.82, 2.24) is 14.3 Å². The van der Waals surface area contributed by atoms with Crippen molar-refractivity contribution in [1.29, 1.82) is 0 Å². The van der Waals surface area contributed by atoms with Gasteiger partial charge >= 0.3 is 10.6 Å². The lowest BCUT2D eigenvalue weighted by atomic mass is 10.0. The zero-order valence-corrected chi connectivity index (χ0v) is 21.3. The van der Waals surface area contributed by atoms with E-state index >= 15 is 0 Å². The fourth-order valence-electron chi connectivity index (χ4n) is 4.18. The third-order valence-corrected chi connectivity index (χ3v) is 7.43. The Bertz CT molecular complexity index is 1410. The van der Waals surface area contributed by atoms with E-state index < -0.39 is 21.8 Å². The highest BCUT2D eigenvalue weighted by molar-refractivity contribution is 7.92. The molecule has 1 aromatic heterocycles. The summed E-state index contributed by atoms with van der Waals surface area (Å²) < 4.78 is 26.6. The fourth-order valence-corrected chi connectivity index (χ4v) is 5.41. The predicted octanol–water partition coefficient (Wildman–Crippen LogP) is 1.02. The van der Waals surface area contributed by atoms with Crippen LogP contribution in [0, 0.1) is 0 Å². The molecule has 1 aliphatic heterocycles. The molecule has 4 rings (SSSR count). The van der Waals surface area contributed by atoms with Crippen LogP contribution in [0.25, 0.3) is 0 Å². The highest BCUT2D eigenvalue weighted by Crippen LogP contribution is 2.28. The smallest absolute Gasteiger partial charge is 0.338 e. The summed E-state index contributed by atoms with van der Waals surface area (Å²) in [6, 6.07) is 12.5. The maximum Gasteiger partial charge on any atom is 0.338 e. The van der Waals surface area contributed by atoms with Crippen molar-refractivity contribution in [3.63, 3.8) is 0 Å². The van der Waals surface area contributed by atoms with Crippen molar-refractivity contribution in [3.8, 4) is 5.75 Å². The number of hydrogen-bond acceptors (Lipinski definition) is 9. The third-order valence-electron chi connectivity index (χ3n) is 6.05. The molecule has 0 bridgehead atoms. The van der Waals surface area contributed by atoms with Crippen LogP contribution in [-0.2, 0) is 16.6 Å². The van der Waals surface area contributed by atoms with Crippen LogP contribution < -0.4 is 25.5 Å². The monoisotopic (exact) mass is 535 g/mol. The van der Waals surface area contributed by atoms with Gasteiger partial charge in [-0.3, -0.25) is 14.5 Å². The van der Waals surface area contributed by atoms with Gasteiger partial charge in [0.1, 0.15) is 5.75 Å². The van der Waals surface area contributed by atoms with Crippen LogP contribution in [0.15, 0.2) is 52.1 Å². The van der Waals surface area contributed by atoms with Crippen molar-refractivity contribution < 1.29 is 18.6 Å². The number of benzene rings is 2. The van der Waals surface area contributed by atoms with Gasteiger partial charge in [0.2, 0.25) is 10.0 Å². The van der Waals surface area contributed by atoms with Gasteiger partial charge in [0.25, 0.3) is 0 Å². The number of rotatable bonds is 9. The number of hydrogen-bond donors (Lipinski definition) is 5. The summed E-state index contributed by atoms with van der Waals surface area (Å²) in [5, 5.41) is 23.8. The van der Waals surface area contributed by atoms with Gasteiger partial charge in [0, 0.05) is 42.9 Å². The van der Waals surface area contributed by atoms with E-state index in [-0.39, 0.29) is 22.4 Å². The lowest BCUT2D eigenvalue weighted by Gasteiger charge is -2.34. The molecule has 0 radical (unpaired) electrons. The van der Waals surface area contributed by atoms with Gasteiger partial charge in [-0.1, -0.05) is 18.2 Å². The number of aliphatic hydroxyl groups is 1. The molecule has 11 nitrogen and oxygen atoms in total. The Morgan fingerprint density at radius 3 is 2.44 bits per heavy atom. The van der Waals surface area contributed by atoms with Gasteiger partial charge in [-0.25, -0.2) is 17.2 Å². The molecule has 1 saturated heterocycles. The van der Waals surface area contributed by atoms with Crippen molar-refractivity contribution >= 4 is 32.9 Å². The summed E-state index contributed by atoms with van der Waals surface area (Å²) in [5.74, 6) is -0.208. The largest absolute Gasteiger partial charge is 0.506 e. The molecular weight excluding hydrogens is 506 g/mol. The Labute approximate surface area is 212 Å². The first-order chi connectivity index (χ1) is 17.1. The summed E-state index contributed by atoms with van der Waals surface area (Å²) in [7, 11) is -3.56. The van der Waals surface area contributed by atoms with Gasteiger partial charge in [-0.15, -0.1) is 0 Å². The molecule has 2 heterocycles. The molecule has 1 fully saturated rings. The number of aromatic hydroxyl groups is 1. The number of sulfonamides is 1. The molecule has 194 valence electrons. The van der Waals surface area contributed by atoms with E-state index in [9.17, 15) is 28.2 Å². The van der Waals surface area contributed by atoms with Crippen LogP contribution in [0.4, 0.5) is 11.4 Å². The molecule has 0 aliphatic carbocycles. The van der Waals surface area contributed by atoms with Gasteiger partial charge in [-0.2, -0.15) is 0 Å². The highest BCUT2D eigenvalue weighted by atomic mass is 32.2. The van der Waals surface area contributed by atoms with Crippen molar-refractivity contribution in [3.05, 3.63) is 73.7 Å². The number of H-pyrrole nitrogens is 1. The summed E-state index contributed by atoms with van der Waals surface area (Å²) in [6.07, 6.45) is 1.91. The standard InChI is InChI=1S/C23H29N5O6S2/c1-36(33,34)26-19-12-16(4-7-20(19)29)21(30)13-24-17-8-10-27(11-9-17)18-5-2-15(3-6-18)14-28-22(31)25-23(32)35-28/h2-7,12,17,21,24,26,29-30H,8-11,13-14H2,1H3,(H,25,31,32). The Balaban J connectivity index is 1.27. The molecule has 5 N–H and O–H groups in total. The molecular formula is C23H29N5O6S2. The number of phenolic OH excluding ortho intramolecular Hbond substituents is 1. The first kappa shape index (κ1) is 25.9. The summed E-state index contributed by atoms with van der Waals surface area (Å²) in [5.41, 5.74) is 2.15. The quantitative estimate of drug-likeness (QED) is 0.254. The van der Waals surface area contributed by atoms with E-state index in [0.29, 0.717) is 18.7 Å².